The first kappa shape index (κ1) is 10.8. The average Bonchev–Trinajstić information content (AvgIpc) is 2.63. The third kappa shape index (κ3) is 2.27. The molecule has 2 rings (SSSR count). The zero-order valence-corrected chi connectivity index (χ0v) is 8.77. The van der Waals surface area contributed by atoms with Gasteiger partial charge < -0.3 is 10.5 Å². The molecule has 17 heavy (non-hydrogen) atoms. The van der Waals surface area contributed by atoms with Crippen molar-refractivity contribution >= 4 is 11.6 Å². The first-order chi connectivity index (χ1) is 8.06. The minimum atomic E-state index is -0.648. The number of aryl methyl sites for hydroxylation is 1. The van der Waals surface area contributed by atoms with Crippen LogP contribution in [0.1, 0.15) is 0 Å². The van der Waals surface area contributed by atoms with Crippen molar-refractivity contribution < 1.29 is 9.66 Å². The minimum Gasteiger partial charge on any atom is -0.430 e. The van der Waals surface area contributed by atoms with E-state index in [1.807, 2.05) is 0 Å². The summed E-state index contributed by atoms with van der Waals surface area (Å²) in [6, 6.07) is 0. The summed E-state index contributed by atoms with van der Waals surface area (Å²) < 4.78 is 6.71. The van der Waals surface area contributed by atoms with Crippen LogP contribution in [0.3, 0.4) is 0 Å². The Labute approximate surface area is 95.0 Å². The minimum absolute atomic E-state index is 0.102. The average molecular weight is 236 g/mol. The van der Waals surface area contributed by atoms with Gasteiger partial charge in [0.1, 0.15) is 6.20 Å². The Morgan fingerprint density at radius 3 is 2.88 bits per heavy atom. The Bertz CT molecular complexity index is 566. The smallest absolute Gasteiger partial charge is 0.349 e. The lowest BCUT2D eigenvalue weighted by Crippen LogP contribution is -2.01. The molecule has 0 aromatic carbocycles. The molecule has 0 saturated heterocycles. The van der Waals surface area contributed by atoms with Crippen LogP contribution < -0.4 is 10.5 Å². The van der Waals surface area contributed by atoms with Crippen molar-refractivity contribution in [3.05, 3.63) is 28.7 Å². The lowest BCUT2D eigenvalue weighted by Gasteiger charge is -2.02. The van der Waals surface area contributed by atoms with Crippen LogP contribution in [-0.4, -0.2) is 24.7 Å². The molecule has 0 fully saturated rings. The summed E-state index contributed by atoms with van der Waals surface area (Å²) in [5, 5.41) is 14.6. The number of aromatic nitrogens is 4. The fourth-order valence-corrected chi connectivity index (χ4v) is 1.14. The maximum absolute atomic E-state index is 10.7. The van der Waals surface area contributed by atoms with Gasteiger partial charge in [0.05, 0.1) is 17.3 Å². The lowest BCUT2D eigenvalue weighted by atomic mass is 10.5. The molecule has 9 nitrogen and oxygen atoms in total. The van der Waals surface area contributed by atoms with Crippen molar-refractivity contribution in [1.82, 2.24) is 19.7 Å². The Kier molecular flexibility index (Phi) is 2.57. The van der Waals surface area contributed by atoms with Gasteiger partial charge in [-0.1, -0.05) is 0 Å². The first-order valence-electron chi connectivity index (χ1n) is 4.49. The van der Waals surface area contributed by atoms with Gasteiger partial charge in [0.25, 0.3) is 0 Å². The van der Waals surface area contributed by atoms with Gasteiger partial charge in [-0.25, -0.2) is 4.98 Å². The highest BCUT2D eigenvalue weighted by molar-refractivity contribution is 5.43. The number of nitrogens with zero attached hydrogens (tertiary/aromatic N) is 5. The van der Waals surface area contributed by atoms with E-state index in [1.54, 1.807) is 13.2 Å². The number of ether oxygens (including phenoxy) is 1. The van der Waals surface area contributed by atoms with E-state index in [-0.39, 0.29) is 17.5 Å². The number of nitrogen functional groups attached to an aromatic ring is 1. The second-order valence-electron chi connectivity index (χ2n) is 3.13. The standard InChI is InChI=1S/C8H8N6O3/c1-13-4-5(2-11-13)17-7-6(14(15)16)3-10-8(9)12-7/h2-4H,1H3,(H2,9,10,12). The molecule has 0 bridgehead atoms. The molecule has 2 N–H and O–H groups in total. The molecule has 0 aliphatic carbocycles. The van der Waals surface area contributed by atoms with E-state index in [4.69, 9.17) is 10.5 Å². The van der Waals surface area contributed by atoms with Crippen LogP contribution in [0.25, 0.3) is 0 Å². The monoisotopic (exact) mass is 236 g/mol. The summed E-state index contributed by atoms with van der Waals surface area (Å²) in [7, 11) is 1.69. The summed E-state index contributed by atoms with van der Waals surface area (Å²) in [6.07, 6.45) is 3.94. The number of hydrogen-bond donors (Lipinski definition) is 1. The van der Waals surface area contributed by atoms with Gasteiger partial charge in [0, 0.05) is 7.05 Å². The largest absolute Gasteiger partial charge is 0.430 e. The van der Waals surface area contributed by atoms with Crippen molar-refractivity contribution in [3.8, 4) is 11.6 Å². The van der Waals surface area contributed by atoms with E-state index in [9.17, 15) is 10.1 Å². The second kappa shape index (κ2) is 4.04. The molecule has 0 unspecified atom stereocenters. The molecular weight excluding hydrogens is 228 g/mol. The van der Waals surface area contributed by atoms with Crippen LogP contribution in [0.15, 0.2) is 18.6 Å². The van der Waals surface area contributed by atoms with Crippen molar-refractivity contribution in [2.75, 3.05) is 5.73 Å². The zero-order valence-electron chi connectivity index (χ0n) is 8.77. The Hall–Kier alpha value is -2.71. The maximum Gasteiger partial charge on any atom is 0.349 e. The molecular formula is C8H8N6O3. The van der Waals surface area contributed by atoms with Crippen LogP contribution in [-0.2, 0) is 7.05 Å². The van der Waals surface area contributed by atoms with Crippen molar-refractivity contribution in [3.63, 3.8) is 0 Å². The highest BCUT2D eigenvalue weighted by Crippen LogP contribution is 2.28. The van der Waals surface area contributed by atoms with Crippen LogP contribution in [0.5, 0.6) is 11.6 Å². The number of nitro groups is 1. The fourth-order valence-electron chi connectivity index (χ4n) is 1.14. The number of nitrogens with two attached hydrogens (primary N) is 1. The van der Waals surface area contributed by atoms with E-state index >= 15 is 0 Å². The number of anilines is 1. The van der Waals surface area contributed by atoms with Crippen molar-refractivity contribution in [2.24, 2.45) is 7.05 Å². The quantitative estimate of drug-likeness (QED) is 0.607. The van der Waals surface area contributed by atoms with Gasteiger partial charge in [-0.2, -0.15) is 10.1 Å². The summed E-state index contributed by atoms with van der Waals surface area (Å²) in [5.41, 5.74) is 4.98. The second-order valence-corrected chi connectivity index (χ2v) is 3.13. The van der Waals surface area contributed by atoms with Crippen molar-refractivity contribution in [1.29, 1.82) is 0 Å². The van der Waals surface area contributed by atoms with E-state index in [2.05, 4.69) is 15.1 Å². The van der Waals surface area contributed by atoms with Gasteiger partial charge in [-0.05, 0) is 0 Å². The SMILES string of the molecule is Cn1cc(Oc2nc(N)ncc2[N+](=O)[O-])cn1. The number of rotatable bonds is 3. The van der Waals surface area contributed by atoms with Crippen LogP contribution in [0, 0.1) is 10.1 Å². The van der Waals surface area contributed by atoms with Crippen LogP contribution in [0.2, 0.25) is 0 Å². The summed E-state index contributed by atoms with van der Waals surface area (Å²) in [4.78, 5) is 17.3. The van der Waals surface area contributed by atoms with Crippen LogP contribution >= 0.6 is 0 Å². The molecule has 9 heteroatoms. The van der Waals surface area contributed by atoms with E-state index < -0.39 is 4.92 Å². The Morgan fingerprint density at radius 2 is 2.29 bits per heavy atom. The molecule has 2 aromatic heterocycles. The molecule has 0 radical (unpaired) electrons. The van der Waals surface area contributed by atoms with Gasteiger partial charge in [0.2, 0.25) is 5.95 Å². The molecule has 88 valence electrons. The Balaban J connectivity index is 2.37. The third-order valence-corrected chi connectivity index (χ3v) is 1.85. The lowest BCUT2D eigenvalue weighted by molar-refractivity contribution is -0.386. The van der Waals surface area contributed by atoms with Gasteiger partial charge in [0.15, 0.2) is 5.75 Å². The van der Waals surface area contributed by atoms with Crippen molar-refractivity contribution in [2.45, 2.75) is 0 Å². The summed E-state index contributed by atoms with van der Waals surface area (Å²) >= 11 is 0. The highest BCUT2D eigenvalue weighted by Gasteiger charge is 2.19. The fraction of sp³-hybridized carbons (Fsp3) is 0.125. The number of hydrogen-bond acceptors (Lipinski definition) is 7. The molecule has 0 aliphatic rings. The highest BCUT2D eigenvalue weighted by atomic mass is 16.6. The van der Waals surface area contributed by atoms with E-state index in [0.29, 0.717) is 5.75 Å². The molecule has 2 aromatic rings. The zero-order chi connectivity index (χ0) is 12.4. The maximum atomic E-state index is 10.7. The molecule has 2 heterocycles. The topological polar surface area (TPSA) is 122 Å². The predicted molar refractivity (Wildman–Crippen MR) is 56.4 cm³/mol. The molecule has 0 amide bonds. The molecule has 0 atom stereocenters. The van der Waals surface area contributed by atoms with Gasteiger partial charge in [-0.15, -0.1) is 0 Å². The Morgan fingerprint density at radius 1 is 1.53 bits per heavy atom. The molecule has 0 aliphatic heterocycles. The summed E-state index contributed by atoms with van der Waals surface area (Å²) in [6.45, 7) is 0. The van der Waals surface area contributed by atoms with Gasteiger partial charge in [-0.3, -0.25) is 14.8 Å². The first-order valence-corrected chi connectivity index (χ1v) is 4.49. The molecule has 0 spiro atoms. The third-order valence-electron chi connectivity index (χ3n) is 1.85. The molecule has 0 saturated carbocycles. The van der Waals surface area contributed by atoms with E-state index in [1.165, 1.54) is 10.9 Å². The normalized spacial score (nSPS) is 10.2. The van der Waals surface area contributed by atoms with Crippen LogP contribution in [0.4, 0.5) is 11.6 Å². The van der Waals surface area contributed by atoms with Gasteiger partial charge >= 0.3 is 11.6 Å². The predicted octanol–water partition coefficient (Wildman–Crippen LogP) is 0.493. The summed E-state index contributed by atoms with van der Waals surface area (Å²) in [5.74, 6) is 0.0127. The van der Waals surface area contributed by atoms with E-state index in [0.717, 1.165) is 6.20 Å².